The van der Waals surface area contributed by atoms with E-state index >= 15 is 0 Å². The first kappa shape index (κ1) is 13.1. The number of hydrogen-bond acceptors (Lipinski definition) is 2. The molecule has 1 nitrogen and oxygen atoms in total. The van der Waals surface area contributed by atoms with Gasteiger partial charge >= 0.3 is 0 Å². The number of thiophene rings is 1. The molecule has 0 spiro atoms. The molecule has 1 N–H and O–H groups in total. The van der Waals surface area contributed by atoms with E-state index in [9.17, 15) is 0 Å². The minimum absolute atomic E-state index is 0.520. The van der Waals surface area contributed by atoms with E-state index in [1.807, 2.05) is 0 Å². The lowest BCUT2D eigenvalue weighted by Crippen LogP contribution is -2.26. The van der Waals surface area contributed by atoms with E-state index in [1.165, 1.54) is 57.1 Å². The van der Waals surface area contributed by atoms with Crippen LogP contribution < -0.4 is 5.32 Å². The SMILES string of the molecule is CC(NCC1CCCCCCC1)c1ccsc1. The van der Waals surface area contributed by atoms with Crippen molar-refractivity contribution in [2.24, 2.45) is 5.92 Å². The maximum atomic E-state index is 3.71. The van der Waals surface area contributed by atoms with E-state index < -0.39 is 0 Å². The Morgan fingerprint density at radius 1 is 1.24 bits per heavy atom. The number of nitrogens with one attached hydrogen (secondary N) is 1. The Balaban J connectivity index is 1.72. The highest BCUT2D eigenvalue weighted by Gasteiger charge is 2.13. The van der Waals surface area contributed by atoms with Crippen LogP contribution in [0.15, 0.2) is 16.8 Å². The third-order valence-corrected chi connectivity index (χ3v) is 4.68. The van der Waals surface area contributed by atoms with Crippen LogP contribution >= 0.6 is 11.3 Å². The largest absolute Gasteiger partial charge is 0.310 e. The van der Waals surface area contributed by atoms with Crippen molar-refractivity contribution in [1.82, 2.24) is 5.32 Å². The zero-order valence-corrected chi connectivity index (χ0v) is 11.8. The summed E-state index contributed by atoms with van der Waals surface area (Å²) in [6, 6.07) is 2.76. The molecule has 0 aromatic carbocycles. The van der Waals surface area contributed by atoms with Gasteiger partial charge in [-0.05, 0) is 54.6 Å². The molecule has 2 heteroatoms. The highest BCUT2D eigenvalue weighted by Crippen LogP contribution is 2.23. The monoisotopic (exact) mass is 251 g/mol. The van der Waals surface area contributed by atoms with Crippen LogP contribution in [0.1, 0.15) is 63.5 Å². The fraction of sp³-hybridized carbons (Fsp3) is 0.733. The Labute approximate surface area is 110 Å². The zero-order chi connectivity index (χ0) is 11.9. The molecule has 1 aliphatic carbocycles. The second-order valence-electron chi connectivity index (χ2n) is 5.40. The van der Waals surface area contributed by atoms with E-state index in [0.29, 0.717) is 6.04 Å². The fourth-order valence-electron chi connectivity index (χ4n) is 2.73. The first-order chi connectivity index (χ1) is 8.36. The van der Waals surface area contributed by atoms with E-state index in [2.05, 4.69) is 29.1 Å². The van der Waals surface area contributed by atoms with Crippen molar-refractivity contribution < 1.29 is 0 Å². The van der Waals surface area contributed by atoms with Gasteiger partial charge in [0, 0.05) is 6.04 Å². The molecule has 0 bridgehead atoms. The van der Waals surface area contributed by atoms with Crippen LogP contribution in [0, 0.1) is 5.92 Å². The van der Waals surface area contributed by atoms with Crippen LogP contribution in [-0.2, 0) is 0 Å². The normalized spacial score (nSPS) is 20.8. The molecule has 1 aromatic heterocycles. The molecular weight excluding hydrogens is 226 g/mol. The molecule has 1 atom stereocenters. The summed E-state index contributed by atoms with van der Waals surface area (Å²) in [5.41, 5.74) is 1.45. The quantitative estimate of drug-likeness (QED) is 0.813. The van der Waals surface area contributed by atoms with Crippen molar-refractivity contribution in [1.29, 1.82) is 0 Å². The fourth-order valence-corrected chi connectivity index (χ4v) is 3.48. The Kier molecular flexibility index (Phi) is 5.53. The first-order valence-corrected chi connectivity index (χ1v) is 8.06. The number of rotatable bonds is 4. The molecule has 0 saturated heterocycles. The molecule has 96 valence electrons. The molecule has 1 fully saturated rings. The summed E-state index contributed by atoms with van der Waals surface area (Å²) in [5, 5.41) is 8.14. The summed E-state index contributed by atoms with van der Waals surface area (Å²) in [4.78, 5) is 0. The average molecular weight is 251 g/mol. The van der Waals surface area contributed by atoms with Gasteiger partial charge in [0.2, 0.25) is 0 Å². The molecule has 0 radical (unpaired) electrons. The molecule has 2 rings (SSSR count). The maximum Gasteiger partial charge on any atom is 0.0300 e. The van der Waals surface area contributed by atoms with Crippen molar-refractivity contribution in [3.05, 3.63) is 22.4 Å². The molecule has 1 heterocycles. The lowest BCUT2D eigenvalue weighted by molar-refractivity contribution is 0.349. The standard InChI is InChI=1S/C15H25NS/c1-13(15-9-10-17-12-15)16-11-14-7-5-3-2-4-6-8-14/h9-10,12-14,16H,2-8,11H2,1H3. The van der Waals surface area contributed by atoms with Crippen LogP contribution in [0.2, 0.25) is 0 Å². The Bertz CT molecular complexity index is 286. The van der Waals surface area contributed by atoms with E-state index in [4.69, 9.17) is 0 Å². The van der Waals surface area contributed by atoms with Gasteiger partial charge in [0.25, 0.3) is 0 Å². The minimum atomic E-state index is 0.520. The van der Waals surface area contributed by atoms with Crippen molar-refractivity contribution in [2.45, 2.75) is 57.9 Å². The molecule has 1 saturated carbocycles. The lowest BCUT2D eigenvalue weighted by atomic mass is 9.91. The lowest BCUT2D eigenvalue weighted by Gasteiger charge is -2.22. The second-order valence-corrected chi connectivity index (χ2v) is 6.18. The first-order valence-electron chi connectivity index (χ1n) is 7.12. The van der Waals surface area contributed by atoms with Gasteiger partial charge in [-0.15, -0.1) is 0 Å². The molecular formula is C15H25NS. The zero-order valence-electron chi connectivity index (χ0n) is 11.0. The Morgan fingerprint density at radius 3 is 2.59 bits per heavy atom. The Morgan fingerprint density at radius 2 is 1.94 bits per heavy atom. The van der Waals surface area contributed by atoms with E-state index in [1.54, 1.807) is 11.3 Å². The Hall–Kier alpha value is -0.340. The van der Waals surface area contributed by atoms with Gasteiger partial charge in [-0.25, -0.2) is 0 Å². The molecule has 17 heavy (non-hydrogen) atoms. The molecule has 0 aliphatic heterocycles. The summed E-state index contributed by atoms with van der Waals surface area (Å²) < 4.78 is 0. The van der Waals surface area contributed by atoms with Crippen LogP contribution in [0.5, 0.6) is 0 Å². The highest BCUT2D eigenvalue weighted by molar-refractivity contribution is 7.07. The van der Waals surface area contributed by atoms with Crippen LogP contribution in [0.4, 0.5) is 0 Å². The van der Waals surface area contributed by atoms with Crippen molar-refractivity contribution in [3.63, 3.8) is 0 Å². The minimum Gasteiger partial charge on any atom is -0.310 e. The van der Waals surface area contributed by atoms with Gasteiger partial charge in [0.05, 0.1) is 0 Å². The molecule has 1 aliphatic rings. The predicted molar refractivity (Wildman–Crippen MR) is 76.5 cm³/mol. The molecule has 0 amide bonds. The van der Waals surface area contributed by atoms with Crippen LogP contribution in [0.3, 0.4) is 0 Å². The van der Waals surface area contributed by atoms with Gasteiger partial charge in [-0.3, -0.25) is 0 Å². The smallest absolute Gasteiger partial charge is 0.0300 e. The molecule has 1 unspecified atom stereocenters. The van der Waals surface area contributed by atoms with E-state index in [0.717, 1.165) is 5.92 Å². The van der Waals surface area contributed by atoms with Gasteiger partial charge in [0.1, 0.15) is 0 Å². The summed E-state index contributed by atoms with van der Waals surface area (Å²) in [6.45, 7) is 3.49. The van der Waals surface area contributed by atoms with Gasteiger partial charge in [-0.1, -0.05) is 32.1 Å². The maximum absolute atomic E-state index is 3.71. The van der Waals surface area contributed by atoms with Crippen LogP contribution in [-0.4, -0.2) is 6.54 Å². The molecule has 1 aromatic rings. The van der Waals surface area contributed by atoms with Crippen LogP contribution in [0.25, 0.3) is 0 Å². The summed E-state index contributed by atoms with van der Waals surface area (Å²) >= 11 is 1.80. The van der Waals surface area contributed by atoms with Crippen molar-refractivity contribution in [3.8, 4) is 0 Å². The topological polar surface area (TPSA) is 12.0 Å². The van der Waals surface area contributed by atoms with Gasteiger partial charge in [0.15, 0.2) is 0 Å². The summed E-state index contributed by atoms with van der Waals surface area (Å²) in [5.74, 6) is 0.913. The van der Waals surface area contributed by atoms with E-state index in [-0.39, 0.29) is 0 Å². The van der Waals surface area contributed by atoms with Gasteiger partial charge in [-0.2, -0.15) is 11.3 Å². The summed E-state index contributed by atoms with van der Waals surface area (Å²) in [6.07, 6.45) is 10.1. The third-order valence-electron chi connectivity index (χ3n) is 3.98. The second kappa shape index (κ2) is 7.17. The highest BCUT2D eigenvalue weighted by atomic mass is 32.1. The number of hydrogen-bond donors (Lipinski definition) is 1. The summed E-state index contributed by atoms with van der Waals surface area (Å²) in [7, 11) is 0. The average Bonchev–Trinajstić information content (AvgIpc) is 2.80. The van der Waals surface area contributed by atoms with Gasteiger partial charge < -0.3 is 5.32 Å². The third kappa shape index (κ3) is 4.44. The van der Waals surface area contributed by atoms with Crippen molar-refractivity contribution >= 4 is 11.3 Å². The van der Waals surface area contributed by atoms with Crippen molar-refractivity contribution in [2.75, 3.05) is 6.54 Å². The predicted octanol–water partition coefficient (Wildman–Crippen LogP) is 4.76.